The van der Waals surface area contributed by atoms with Crippen LogP contribution in [0.5, 0.6) is 0 Å². The first-order valence-corrected chi connectivity index (χ1v) is 6.62. The van der Waals surface area contributed by atoms with Crippen molar-refractivity contribution < 1.29 is 9.53 Å². The highest BCUT2D eigenvalue weighted by atomic mass is 16.6. The van der Waals surface area contributed by atoms with E-state index in [1.165, 1.54) is 0 Å². The molecule has 2 N–H and O–H groups in total. The zero-order valence-corrected chi connectivity index (χ0v) is 11.8. The van der Waals surface area contributed by atoms with Gasteiger partial charge in [0.15, 0.2) is 0 Å². The van der Waals surface area contributed by atoms with Crippen molar-refractivity contribution in [1.29, 1.82) is 0 Å². The minimum Gasteiger partial charge on any atom is -0.444 e. The molecule has 0 aromatic carbocycles. The van der Waals surface area contributed by atoms with Crippen molar-refractivity contribution in [2.45, 2.75) is 52.4 Å². The number of aromatic nitrogens is 2. The molecule has 2 heterocycles. The molecule has 6 heteroatoms. The molecule has 0 fully saturated rings. The Kier molecular flexibility index (Phi) is 3.80. The topological polar surface area (TPSA) is 73.4 Å². The molecule has 1 aromatic rings. The molecule has 6 nitrogen and oxygen atoms in total. The molecule has 1 aliphatic heterocycles. The third-order valence-electron chi connectivity index (χ3n) is 2.93. The van der Waals surface area contributed by atoms with E-state index in [0.29, 0.717) is 19.6 Å². The molecule has 1 amide bonds. The van der Waals surface area contributed by atoms with Gasteiger partial charge in [0.25, 0.3) is 0 Å². The standard InChI is InChI=1S/C13H22N4O2/c1-13(2,3)19-12(18)16-5-4-6-17-11(9-16)7-10(8-14)15-17/h7H,4-6,8-9,14H2,1-3H3. The minimum atomic E-state index is -0.466. The third kappa shape index (κ3) is 3.47. The van der Waals surface area contributed by atoms with Crippen LogP contribution in [0.1, 0.15) is 38.6 Å². The van der Waals surface area contributed by atoms with Crippen LogP contribution >= 0.6 is 0 Å². The molecule has 0 spiro atoms. The number of aryl methyl sites for hydroxylation is 1. The van der Waals surface area contributed by atoms with Gasteiger partial charge in [0, 0.05) is 19.6 Å². The van der Waals surface area contributed by atoms with Crippen LogP contribution in [0.25, 0.3) is 0 Å². The van der Waals surface area contributed by atoms with Gasteiger partial charge in [-0.25, -0.2) is 4.79 Å². The molecular weight excluding hydrogens is 244 g/mol. The van der Waals surface area contributed by atoms with Crippen LogP contribution in [0.4, 0.5) is 4.79 Å². The summed E-state index contributed by atoms with van der Waals surface area (Å²) >= 11 is 0. The summed E-state index contributed by atoms with van der Waals surface area (Å²) in [5.41, 5.74) is 7.01. The lowest BCUT2D eigenvalue weighted by Crippen LogP contribution is -2.36. The Hall–Kier alpha value is -1.56. The molecular formula is C13H22N4O2. The number of hydrogen-bond acceptors (Lipinski definition) is 4. The van der Waals surface area contributed by atoms with Crippen molar-refractivity contribution in [1.82, 2.24) is 14.7 Å². The maximum absolute atomic E-state index is 12.1. The first-order valence-electron chi connectivity index (χ1n) is 6.62. The van der Waals surface area contributed by atoms with Crippen molar-refractivity contribution in [3.63, 3.8) is 0 Å². The first kappa shape index (κ1) is 13.9. The summed E-state index contributed by atoms with van der Waals surface area (Å²) in [5, 5.41) is 4.41. The van der Waals surface area contributed by atoms with Gasteiger partial charge < -0.3 is 15.4 Å². The van der Waals surface area contributed by atoms with E-state index in [2.05, 4.69) is 5.10 Å². The zero-order valence-electron chi connectivity index (χ0n) is 11.8. The van der Waals surface area contributed by atoms with Crippen LogP contribution in [0.2, 0.25) is 0 Å². The lowest BCUT2D eigenvalue weighted by molar-refractivity contribution is 0.0236. The SMILES string of the molecule is CC(C)(C)OC(=O)N1CCCn2nc(CN)cc2C1. The number of hydrogen-bond donors (Lipinski definition) is 1. The van der Waals surface area contributed by atoms with Crippen LogP contribution in [0.15, 0.2) is 6.07 Å². The highest BCUT2D eigenvalue weighted by Crippen LogP contribution is 2.17. The van der Waals surface area contributed by atoms with Crippen molar-refractivity contribution in [3.8, 4) is 0 Å². The molecule has 0 atom stereocenters. The highest BCUT2D eigenvalue weighted by Gasteiger charge is 2.25. The Morgan fingerprint density at radius 2 is 2.21 bits per heavy atom. The second-order valence-corrected chi connectivity index (χ2v) is 5.81. The molecule has 0 unspecified atom stereocenters. The van der Waals surface area contributed by atoms with Gasteiger partial charge in [0.1, 0.15) is 5.60 Å². The summed E-state index contributed by atoms with van der Waals surface area (Å²) in [6.45, 7) is 8.08. The molecule has 0 aliphatic carbocycles. The number of rotatable bonds is 1. The van der Waals surface area contributed by atoms with E-state index in [9.17, 15) is 4.79 Å². The molecule has 1 aliphatic rings. The van der Waals surface area contributed by atoms with Crippen LogP contribution in [-0.2, 0) is 24.4 Å². The summed E-state index contributed by atoms with van der Waals surface area (Å²) in [5.74, 6) is 0. The van der Waals surface area contributed by atoms with E-state index in [0.717, 1.165) is 24.4 Å². The van der Waals surface area contributed by atoms with Crippen LogP contribution in [-0.4, -0.2) is 32.9 Å². The van der Waals surface area contributed by atoms with Gasteiger partial charge in [-0.05, 0) is 33.3 Å². The molecule has 106 valence electrons. The van der Waals surface area contributed by atoms with E-state index >= 15 is 0 Å². The number of fused-ring (bicyclic) bond motifs is 1. The van der Waals surface area contributed by atoms with Gasteiger partial charge in [0.2, 0.25) is 0 Å². The number of nitrogens with zero attached hydrogens (tertiary/aromatic N) is 3. The smallest absolute Gasteiger partial charge is 0.410 e. The van der Waals surface area contributed by atoms with E-state index in [4.69, 9.17) is 10.5 Å². The Bertz CT molecular complexity index is 462. The predicted molar refractivity (Wildman–Crippen MR) is 71.4 cm³/mol. The van der Waals surface area contributed by atoms with Crippen molar-refractivity contribution in [2.75, 3.05) is 6.54 Å². The predicted octanol–water partition coefficient (Wildman–Crippen LogP) is 1.48. The third-order valence-corrected chi connectivity index (χ3v) is 2.93. The molecule has 0 saturated carbocycles. The minimum absolute atomic E-state index is 0.267. The van der Waals surface area contributed by atoms with Gasteiger partial charge in [-0.1, -0.05) is 0 Å². The fourth-order valence-corrected chi connectivity index (χ4v) is 2.10. The van der Waals surface area contributed by atoms with Crippen LogP contribution in [0, 0.1) is 0 Å². The molecule has 0 saturated heterocycles. The Balaban J connectivity index is 2.10. The number of ether oxygens (including phenoxy) is 1. The van der Waals surface area contributed by atoms with Crippen molar-refractivity contribution in [3.05, 3.63) is 17.5 Å². The molecule has 0 radical (unpaired) electrons. The number of amides is 1. The average Bonchev–Trinajstić information content (AvgIpc) is 2.58. The molecule has 2 rings (SSSR count). The normalized spacial score (nSPS) is 15.9. The quantitative estimate of drug-likeness (QED) is 0.835. The lowest BCUT2D eigenvalue weighted by Gasteiger charge is -2.26. The van der Waals surface area contributed by atoms with Gasteiger partial charge in [0.05, 0.1) is 17.9 Å². The van der Waals surface area contributed by atoms with Gasteiger partial charge in [-0.2, -0.15) is 5.10 Å². The summed E-state index contributed by atoms with van der Waals surface area (Å²) < 4.78 is 7.35. The fraction of sp³-hybridized carbons (Fsp3) is 0.692. The van der Waals surface area contributed by atoms with Crippen LogP contribution < -0.4 is 5.73 Å². The second kappa shape index (κ2) is 5.21. The molecule has 0 bridgehead atoms. The summed E-state index contributed by atoms with van der Waals surface area (Å²) in [7, 11) is 0. The number of carbonyl (C=O) groups is 1. The maximum atomic E-state index is 12.1. The van der Waals surface area contributed by atoms with Gasteiger partial charge >= 0.3 is 6.09 Å². The van der Waals surface area contributed by atoms with Crippen LogP contribution in [0.3, 0.4) is 0 Å². The Morgan fingerprint density at radius 3 is 2.84 bits per heavy atom. The van der Waals surface area contributed by atoms with Crippen molar-refractivity contribution >= 4 is 6.09 Å². The monoisotopic (exact) mass is 266 g/mol. The largest absolute Gasteiger partial charge is 0.444 e. The first-order chi connectivity index (χ1) is 8.89. The van der Waals surface area contributed by atoms with Gasteiger partial charge in [-0.15, -0.1) is 0 Å². The highest BCUT2D eigenvalue weighted by molar-refractivity contribution is 5.68. The zero-order chi connectivity index (χ0) is 14.0. The fourth-order valence-electron chi connectivity index (χ4n) is 2.10. The number of carbonyl (C=O) groups excluding carboxylic acids is 1. The maximum Gasteiger partial charge on any atom is 0.410 e. The van der Waals surface area contributed by atoms with E-state index < -0.39 is 5.60 Å². The second-order valence-electron chi connectivity index (χ2n) is 5.81. The van der Waals surface area contributed by atoms with E-state index in [1.807, 2.05) is 31.5 Å². The van der Waals surface area contributed by atoms with E-state index in [1.54, 1.807) is 4.90 Å². The summed E-state index contributed by atoms with van der Waals surface area (Å²) in [6, 6.07) is 1.96. The Morgan fingerprint density at radius 1 is 1.47 bits per heavy atom. The molecule has 1 aromatic heterocycles. The van der Waals surface area contributed by atoms with E-state index in [-0.39, 0.29) is 6.09 Å². The summed E-state index contributed by atoms with van der Waals surface area (Å²) in [4.78, 5) is 13.8. The average molecular weight is 266 g/mol. The lowest BCUT2D eigenvalue weighted by atomic mass is 10.2. The van der Waals surface area contributed by atoms with Crippen molar-refractivity contribution in [2.24, 2.45) is 5.73 Å². The van der Waals surface area contributed by atoms with Gasteiger partial charge in [-0.3, -0.25) is 4.68 Å². The summed E-state index contributed by atoms with van der Waals surface area (Å²) in [6.07, 6.45) is 0.606. The molecule has 19 heavy (non-hydrogen) atoms. The number of nitrogens with two attached hydrogens (primary N) is 1. The Labute approximate surface area is 113 Å².